The molecule has 1 saturated heterocycles. The molecule has 1 fully saturated rings. The Bertz CT molecular complexity index is 667. The molecule has 0 amide bonds. The average molecular weight is 401 g/mol. The third-order valence-electron chi connectivity index (χ3n) is 5.62. The van der Waals surface area contributed by atoms with Crippen molar-refractivity contribution in [1.29, 1.82) is 0 Å². The van der Waals surface area contributed by atoms with Gasteiger partial charge in [-0.2, -0.15) is 0 Å². The van der Waals surface area contributed by atoms with Crippen molar-refractivity contribution in [3.8, 4) is 5.75 Å². The van der Waals surface area contributed by atoms with Crippen LogP contribution in [-0.2, 0) is 13.1 Å². The molecule has 3 rings (SSSR count). The van der Waals surface area contributed by atoms with E-state index < -0.39 is 0 Å². The lowest BCUT2D eigenvalue weighted by Gasteiger charge is -2.35. The maximum absolute atomic E-state index is 5.63. The van der Waals surface area contributed by atoms with E-state index in [0.717, 1.165) is 57.2 Å². The zero-order chi connectivity index (χ0) is 20.3. The Balaban J connectivity index is 1.45. The smallest absolute Gasteiger partial charge is 0.118 e. The molecule has 0 aliphatic carbocycles. The number of benzene rings is 1. The summed E-state index contributed by atoms with van der Waals surface area (Å²) >= 11 is 0. The lowest BCUT2D eigenvalue weighted by atomic mass is 10.2. The third-order valence-corrected chi connectivity index (χ3v) is 5.62. The van der Waals surface area contributed by atoms with Gasteiger partial charge in [0.1, 0.15) is 11.5 Å². The molecular weight excluding hydrogens is 364 g/mol. The van der Waals surface area contributed by atoms with Crippen molar-refractivity contribution in [2.24, 2.45) is 5.73 Å². The molecular formula is C23H36N4O2. The van der Waals surface area contributed by atoms with Gasteiger partial charge in [0.05, 0.1) is 19.9 Å². The fraction of sp³-hybridized carbons (Fsp3) is 0.565. The summed E-state index contributed by atoms with van der Waals surface area (Å²) in [6.45, 7) is 10.6. The van der Waals surface area contributed by atoms with Gasteiger partial charge in [0.15, 0.2) is 0 Å². The monoisotopic (exact) mass is 400 g/mol. The van der Waals surface area contributed by atoms with Crippen LogP contribution in [0.25, 0.3) is 0 Å². The highest BCUT2D eigenvalue weighted by molar-refractivity contribution is 5.27. The van der Waals surface area contributed by atoms with Gasteiger partial charge in [-0.1, -0.05) is 12.1 Å². The van der Waals surface area contributed by atoms with Crippen LogP contribution in [0.5, 0.6) is 5.75 Å². The molecule has 0 saturated carbocycles. The van der Waals surface area contributed by atoms with Crippen LogP contribution in [0.2, 0.25) is 0 Å². The number of nitrogens with zero attached hydrogens (tertiary/aromatic N) is 3. The molecule has 1 aliphatic heterocycles. The van der Waals surface area contributed by atoms with Crippen LogP contribution in [0.15, 0.2) is 47.1 Å². The lowest BCUT2D eigenvalue weighted by Crippen LogP contribution is -2.47. The summed E-state index contributed by atoms with van der Waals surface area (Å²) in [7, 11) is 1.70. The van der Waals surface area contributed by atoms with E-state index in [1.165, 1.54) is 38.2 Å². The summed E-state index contributed by atoms with van der Waals surface area (Å²) < 4.78 is 10.9. The van der Waals surface area contributed by atoms with Gasteiger partial charge in [0.25, 0.3) is 0 Å². The van der Waals surface area contributed by atoms with Crippen LogP contribution >= 0.6 is 0 Å². The minimum atomic E-state index is 0.792. The van der Waals surface area contributed by atoms with Crippen LogP contribution in [0.4, 0.5) is 0 Å². The fourth-order valence-corrected chi connectivity index (χ4v) is 3.90. The molecule has 0 unspecified atom stereocenters. The van der Waals surface area contributed by atoms with E-state index in [1.54, 1.807) is 13.4 Å². The van der Waals surface area contributed by atoms with Gasteiger partial charge in [0.2, 0.25) is 0 Å². The second-order valence-electron chi connectivity index (χ2n) is 7.82. The SMILES string of the molecule is COc1ccc(CN(CCCN2CCN(CCCN)CC2)Cc2ccco2)cc1. The number of hydrogen-bond donors (Lipinski definition) is 1. The quantitative estimate of drug-likeness (QED) is 0.591. The van der Waals surface area contributed by atoms with Crippen molar-refractivity contribution in [1.82, 2.24) is 14.7 Å². The standard InChI is InChI=1S/C23H36N4O2/c1-28-22-8-6-21(7-9-22)19-27(20-23-5-2-18-29-23)13-4-12-26-16-14-25(15-17-26)11-3-10-24/h2,5-9,18H,3-4,10-17,19-20,24H2,1H3. The normalized spacial score (nSPS) is 15.8. The van der Waals surface area contributed by atoms with Crippen molar-refractivity contribution in [2.75, 3.05) is 59.5 Å². The minimum absolute atomic E-state index is 0.792. The van der Waals surface area contributed by atoms with Gasteiger partial charge in [-0.15, -0.1) is 0 Å². The summed E-state index contributed by atoms with van der Waals surface area (Å²) in [6.07, 6.45) is 4.03. The molecule has 29 heavy (non-hydrogen) atoms. The number of rotatable bonds is 12. The maximum atomic E-state index is 5.63. The van der Waals surface area contributed by atoms with Crippen LogP contribution < -0.4 is 10.5 Å². The largest absolute Gasteiger partial charge is 0.497 e. The van der Waals surface area contributed by atoms with E-state index in [4.69, 9.17) is 14.9 Å². The number of methoxy groups -OCH3 is 1. The number of piperazine rings is 1. The molecule has 0 atom stereocenters. The first-order valence-corrected chi connectivity index (χ1v) is 10.8. The zero-order valence-corrected chi connectivity index (χ0v) is 17.8. The number of furan rings is 1. The van der Waals surface area contributed by atoms with Crippen LogP contribution in [0.1, 0.15) is 24.2 Å². The molecule has 6 heteroatoms. The van der Waals surface area contributed by atoms with E-state index in [1.807, 2.05) is 18.2 Å². The molecule has 1 aliphatic rings. The van der Waals surface area contributed by atoms with Gasteiger partial charge in [-0.3, -0.25) is 4.90 Å². The number of hydrogen-bond acceptors (Lipinski definition) is 6. The molecule has 0 bridgehead atoms. The molecule has 1 aromatic heterocycles. The summed E-state index contributed by atoms with van der Waals surface area (Å²) in [5.74, 6) is 1.92. The second kappa shape index (κ2) is 12.0. The Morgan fingerprint density at radius 2 is 1.66 bits per heavy atom. The van der Waals surface area contributed by atoms with E-state index in [-0.39, 0.29) is 0 Å². The summed E-state index contributed by atoms with van der Waals surface area (Å²) in [5.41, 5.74) is 6.93. The highest BCUT2D eigenvalue weighted by Crippen LogP contribution is 2.15. The van der Waals surface area contributed by atoms with Crippen molar-refractivity contribution >= 4 is 0 Å². The van der Waals surface area contributed by atoms with Crippen molar-refractivity contribution in [2.45, 2.75) is 25.9 Å². The molecule has 2 aromatic rings. The third kappa shape index (κ3) is 7.48. The molecule has 1 aromatic carbocycles. The van der Waals surface area contributed by atoms with E-state index in [9.17, 15) is 0 Å². The predicted octanol–water partition coefficient (Wildman–Crippen LogP) is 2.65. The van der Waals surface area contributed by atoms with Crippen LogP contribution in [0.3, 0.4) is 0 Å². The topological polar surface area (TPSA) is 58.1 Å². The predicted molar refractivity (Wildman–Crippen MR) is 117 cm³/mol. The van der Waals surface area contributed by atoms with Gasteiger partial charge >= 0.3 is 0 Å². The highest BCUT2D eigenvalue weighted by Gasteiger charge is 2.16. The Labute approximate surface area is 175 Å². The lowest BCUT2D eigenvalue weighted by molar-refractivity contribution is 0.124. The van der Waals surface area contributed by atoms with E-state index in [2.05, 4.69) is 32.9 Å². The fourth-order valence-electron chi connectivity index (χ4n) is 3.90. The van der Waals surface area contributed by atoms with E-state index in [0.29, 0.717) is 0 Å². The average Bonchev–Trinajstić information content (AvgIpc) is 3.27. The minimum Gasteiger partial charge on any atom is -0.497 e. The van der Waals surface area contributed by atoms with Gasteiger partial charge in [-0.05, 0) is 62.3 Å². The van der Waals surface area contributed by atoms with Gasteiger partial charge in [-0.25, -0.2) is 0 Å². The summed E-state index contributed by atoms with van der Waals surface area (Å²) in [4.78, 5) is 7.60. The first-order valence-electron chi connectivity index (χ1n) is 10.8. The molecule has 0 radical (unpaired) electrons. The molecule has 2 heterocycles. The molecule has 2 N–H and O–H groups in total. The van der Waals surface area contributed by atoms with Crippen molar-refractivity contribution in [3.05, 3.63) is 54.0 Å². The van der Waals surface area contributed by atoms with Crippen molar-refractivity contribution in [3.63, 3.8) is 0 Å². The Morgan fingerprint density at radius 3 is 2.24 bits per heavy atom. The summed E-state index contributed by atoms with van der Waals surface area (Å²) in [5, 5.41) is 0. The zero-order valence-electron chi connectivity index (χ0n) is 17.8. The summed E-state index contributed by atoms with van der Waals surface area (Å²) in [6, 6.07) is 12.4. The van der Waals surface area contributed by atoms with Gasteiger partial charge in [0, 0.05) is 39.3 Å². The highest BCUT2D eigenvalue weighted by atomic mass is 16.5. The van der Waals surface area contributed by atoms with Gasteiger partial charge < -0.3 is 24.7 Å². The Kier molecular flexibility index (Phi) is 9.02. The Hall–Kier alpha value is -1.86. The Morgan fingerprint density at radius 1 is 0.966 bits per heavy atom. The van der Waals surface area contributed by atoms with Crippen molar-refractivity contribution < 1.29 is 9.15 Å². The van der Waals surface area contributed by atoms with Crippen LogP contribution in [-0.4, -0.2) is 74.2 Å². The first-order chi connectivity index (χ1) is 14.3. The first kappa shape index (κ1) is 21.8. The molecule has 160 valence electrons. The van der Waals surface area contributed by atoms with E-state index >= 15 is 0 Å². The maximum Gasteiger partial charge on any atom is 0.118 e. The molecule has 6 nitrogen and oxygen atoms in total. The second-order valence-corrected chi connectivity index (χ2v) is 7.82. The number of ether oxygens (including phenoxy) is 1. The number of nitrogens with two attached hydrogens (primary N) is 1. The molecule has 0 spiro atoms. The van der Waals surface area contributed by atoms with Crippen LogP contribution in [0, 0.1) is 0 Å².